The molecule has 0 aromatic heterocycles. The molecule has 0 fully saturated rings. The molecule has 1 aromatic rings. The topological polar surface area (TPSA) is 61.6 Å². The molecule has 1 rings (SSSR count). The van der Waals surface area contributed by atoms with Gasteiger partial charge in [-0.25, -0.2) is 0 Å². The quantitative estimate of drug-likeness (QED) is 0.301. The summed E-state index contributed by atoms with van der Waals surface area (Å²) in [7, 11) is 0. The molecule has 0 atom stereocenters. The van der Waals surface area contributed by atoms with Crippen LogP contribution in [0.2, 0.25) is 0 Å². The molecule has 1 aromatic carbocycles. The number of nitrogens with zero attached hydrogens (tertiary/aromatic N) is 1. The van der Waals surface area contributed by atoms with Crippen molar-refractivity contribution in [2.45, 2.75) is 17.9 Å². The highest BCUT2D eigenvalue weighted by Crippen LogP contribution is 2.28. The molecule has 0 unspecified atom stereocenters. The fraction of sp³-hybridized carbons (Fsp3) is 0.500. The average molecular weight is 372 g/mol. The Balaban J connectivity index is 2.45. The summed E-state index contributed by atoms with van der Waals surface area (Å²) >= 11 is 3.22. The van der Waals surface area contributed by atoms with Crippen molar-refractivity contribution in [3.05, 3.63) is 33.9 Å². The molecule has 0 aliphatic carbocycles. The Kier molecular flexibility index (Phi) is 6.90. The fourth-order valence-corrected chi connectivity index (χ4v) is 1.79. The highest BCUT2D eigenvalue weighted by molar-refractivity contribution is 9.08. The highest BCUT2D eigenvalue weighted by atomic mass is 79.9. The van der Waals surface area contributed by atoms with Crippen LogP contribution in [0.4, 0.5) is 18.9 Å². The van der Waals surface area contributed by atoms with E-state index in [0.29, 0.717) is 5.33 Å². The Morgan fingerprint density at radius 3 is 2.57 bits per heavy atom. The maximum Gasteiger partial charge on any atom is 0.411 e. The first kappa shape index (κ1) is 17.7. The van der Waals surface area contributed by atoms with Crippen LogP contribution in [0.3, 0.4) is 0 Å². The first-order chi connectivity index (χ1) is 9.83. The smallest absolute Gasteiger partial charge is 0.411 e. The zero-order chi connectivity index (χ0) is 15.9. The van der Waals surface area contributed by atoms with Crippen LogP contribution in [0.5, 0.6) is 5.75 Å². The largest absolute Gasteiger partial charge is 0.487 e. The van der Waals surface area contributed by atoms with Gasteiger partial charge in [-0.15, -0.1) is 0 Å². The Hall–Kier alpha value is -1.35. The number of hydrogen-bond donors (Lipinski definition) is 0. The van der Waals surface area contributed by atoms with E-state index in [1.165, 1.54) is 12.1 Å². The minimum absolute atomic E-state index is 0.0322. The van der Waals surface area contributed by atoms with Gasteiger partial charge in [0.15, 0.2) is 5.75 Å². The molecular formula is C12H13BrF3NO4. The summed E-state index contributed by atoms with van der Waals surface area (Å²) < 4.78 is 45.1. The Morgan fingerprint density at radius 1 is 1.29 bits per heavy atom. The molecule has 5 nitrogen and oxygen atoms in total. The van der Waals surface area contributed by atoms with Crippen LogP contribution in [-0.4, -0.2) is 30.9 Å². The van der Waals surface area contributed by atoms with Gasteiger partial charge < -0.3 is 9.47 Å². The third-order valence-electron chi connectivity index (χ3n) is 2.33. The van der Waals surface area contributed by atoms with Crippen molar-refractivity contribution in [2.75, 3.05) is 19.8 Å². The molecule has 0 saturated carbocycles. The SMILES string of the molecule is O=[N+]([O-])c1ccc(CBr)cc1OCCCOCC(F)(F)F. The second-order valence-corrected chi connectivity index (χ2v) is 4.62. The maximum absolute atomic E-state index is 11.8. The standard InChI is InChI=1S/C12H13BrF3NO4/c13-7-9-2-3-10(17(18)19)11(6-9)21-5-1-4-20-8-12(14,15)16/h2-3,6H,1,4-5,7-8H2. The molecular weight excluding hydrogens is 359 g/mol. The predicted molar refractivity (Wildman–Crippen MR) is 72.7 cm³/mol. The van der Waals surface area contributed by atoms with E-state index in [4.69, 9.17) is 4.74 Å². The van der Waals surface area contributed by atoms with Gasteiger partial charge in [0, 0.05) is 17.8 Å². The third kappa shape index (κ3) is 6.76. The van der Waals surface area contributed by atoms with Crippen LogP contribution in [-0.2, 0) is 10.1 Å². The monoisotopic (exact) mass is 371 g/mol. The molecule has 0 aliphatic rings. The summed E-state index contributed by atoms with van der Waals surface area (Å²) in [5.41, 5.74) is 0.611. The van der Waals surface area contributed by atoms with Crippen molar-refractivity contribution in [3.63, 3.8) is 0 Å². The Morgan fingerprint density at radius 2 is 2.00 bits per heavy atom. The van der Waals surface area contributed by atoms with E-state index in [1.807, 2.05) is 0 Å². The third-order valence-corrected chi connectivity index (χ3v) is 2.98. The molecule has 0 aliphatic heterocycles. The number of nitro benzene ring substituents is 1. The van der Waals surface area contributed by atoms with Crippen LogP contribution in [0.25, 0.3) is 0 Å². The molecule has 0 heterocycles. The number of alkyl halides is 4. The minimum atomic E-state index is -4.36. The van der Waals surface area contributed by atoms with E-state index in [1.54, 1.807) is 6.07 Å². The number of ether oxygens (including phenoxy) is 2. The lowest BCUT2D eigenvalue weighted by Gasteiger charge is -2.09. The number of halogens is 4. The van der Waals surface area contributed by atoms with Gasteiger partial charge in [0.05, 0.1) is 18.1 Å². The molecule has 0 saturated heterocycles. The Labute approximate surface area is 127 Å². The summed E-state index contributed by atoms with van der Waals surface area (Å²) in [6.07, 6.45) is -4.16. The Bertz CT molecular complexity index is 482. The second kappa shape index (κ2) is 8.18. The van der Waals surface area contributed by atoms with Crippen molar-refractivity contribution in [1.82, 2.24) is 0 Å². The normalized spacial score (nSPS) is 11.4. The highest BCUT2D eigenvalue weighted by Gasteiger charge is 2.27. The van der Waals surface area contributed by atoms with E-state index in [-0.39, 0.29) is 31.1 Å². The summed E-state index contributed by atoms with van der Waals surface area (Å²) in [5.74, 6) is 0.0905. The average Bonchev–Trinajstić information content (AvgIpc) is 2.41. The number of hydrogen-bond acceptors (Lipinski definition) is 4. The van der Waals surface area contributed by atoms with Crippen LogP contribution >= 0.6 is 15.9 Å². The molecule has 0 N–H and O–H groups in total. The molecule has 21 heavy (non-hydrogen) atoms. The van der Waals surface area contributed by atoms with Crippen LogP contribution in [0, 0.1) is 10.1 Å². The number of nitro groups is 1. The van der Waals surface area contributed by atoms with E-state index < -0.39 is 17.7 Å². The van der Waals surface area contributed by atoms with Crippen LogP contribution in [0.15, 0.2) is 18.2 Å². The molecule has 9 heteroatoms. The van der Waals surface area contributed by atoms with Crippen molar-refractivity contribution in [2.24, 2.45) is 0 Å². The van der Waals surface area contributed by atoms with Gasteiger partial charge in [-0.2, -0.15) is 13.2 Å². The lowest BCUT2D eigenvalue weighted by Crippen LogP contribution is -2.18. The predicted octanol–water partition coefficient (Wildman–Crippen LogP) is 3.84. The van der Waals surface area contributed by atoms with Gasteiger partial charge >= 0.3 is 11.9 Å². The lowest BCUT2D eigenvalue weighted by molar-refractivity contribution is -0.385. The zero-order valence-corrected chi connectivity index (χ0v) is 12.4. The van der Waals surface area contributed by atoms with Gasteiger partial charge in [0.2, 0.25) is 0 Å². The lowest BCUT2D eigenvalue weighted by atomic mass is 10.2. The second-order valence-electron chi connectivity index (χ2n) is 4.06. The molecule has 0 amide bonds. The molecule has 118 valence electrons. The number of benzene rings is 1. The summed E-state index contributed by atoms with van der Waals surface area (Å²) in [4.78, 5) is 10.3. The maximum atomic E-state index is 11.8. The van der Waals surface area contributed by atoms with Gasteiger partial charge in [-0.1, -0.05) is 22.0 Å². The fourth-order valence-electron chi connectivity index (χ4n) is 1.44. The van der Waals surface area contributed by atoms with E-state index in [9.17, 15) is 23.3 Å². The molecule has 0 spiro atoms. The first-order valence-electron chi connectivity index (χ1n) is 5.94. The van der Waals surface area contributed by atoms with Crippen molar-refractivity contribution < 1.29 is 27.6 Å². The van der Waals surface area contributed by atoms with Crippen molar-refractivity contribution in [1.29, 1.82) is 0 Å². The first-order valence-corrected chi connectivity index (χ1v) is 7.06. The van der Waals surface area contributed by atoms with E-state index in [0.717, 1.165) is 5.56 Å². The van der Waals surface area contributed by atoms with Gasteiger partial charge in [-0.05, 0) is 11.6 Å². The van der Waals surface area contributed by atoms with Gasteiger partial charge in [0.1, 0.15) is 6.61 Å². The van der Waals surface area contributed by atoms with E-state index in [2.05, 4.69) is 20.7 Å². The molecule has 0 bridgehead atoms. The summed E-state index contributed by atoms with van der Waals surface area (Å²) in [5, 5.41) is 11.3. The van der Waals surface area contributed by atoms with Crippen LogP contribution < -0.4 is 4.74 Å². The van der Waals surface area contributed by atoms with E-state index >= 15 is 0 Å². The summed E-state index contributed by atoms with van der Waals surface area (Å²) in [6.45, 7) is -1.41. The van der Waals surface area contributed by atoms with Gasteiger partial charge in [-0.3, -0.25) is 10.1 Å². The minimum Gasteiger partial charge on any atom is -0.487 e. The number of rotatable bonds is 8. The van der Waals surface area contributed by atoms with Crippen molar-refractivity contribution in [3.8, 4) is 5.75 Å². The van der Waals surface area contributed by atoms with Crippen molar-refractivity contribution >= 4 is 21.6 Å². The zero-order valence-electron chi connectivity index (χ0n) is 10.9. The van der Waals surface area contributed by atoms with Crippen LogP contribution in [0.1, 0.15) is 12.0 Å². The molecule has 0 radical (unpaired) electrons. The summed E-state index contributed by atoms with van der Waals surface area (Å²) in [6, 6.07) is 4.43. The van der Waals surface area contributed by atoms with Gasteiger partial charge in [0.25, 0.3) is 0 Å².